The van der Waals surface area contributed by atoms with Gasteiger partial charge in [0.1, 0.15) is 24.7 Å². The van der Waals surface area contributed by atoms with Crippen LogP contribution in [0.2, 0.25) is 0 Å². The SMILES string of the molecule is COC(=O)CNC(=O)c1ncc(C#CCOc2ccc(C)cc2)cc1O. The number of aryl methyl sites for hydroxylation is 1. The largest absolute Gasteiger partial charge is 0.505 e. The summed E-state index contributed by atoms with van der Waals surface area (Å²) < 4.78 is 9.89. The van der Waals surface area contributed by atoms with Crippen molar-refractivity contribution in [3.05, 3.63) is 53.3 Å². The topological polar surface area (TPSA) is 97.8 Å². The number of aromatic hydroxyl groups is 1. The van der Waals surface area contributed by atoms with Crippen LogP contribution in [-0.2, 0) is 9.53 Å². The van der Waals surface area contributed by atoms with E-state index in [1.807, 2.05) is 31.2 Å². The number of methoxy groups -OCH3 is 1. The molecule has 134 valence electrons. The van der Waals surface area contributed by atoms with Crippen LogP contribution in [0.4, 0.5) is 0 Å². The maximum Gasteiger partial charge on any atom is 0.325 e. The number of pyridine rings is 1. The van der Waals surface area contributed by atoms with Crippen molar-refractivity contribution in [2.75, 3.05) is 20.3 Å². The predicted molar refractivity (Wildman–Crippen MR) is 93.8 cm³/mol. The van der Waals surface area contributed by atoms with Crippen LogP contribution in [0, 0.1) is 18.8 Å². The number of carbonyl (C=O) groups is 2. The lowest BCUT2D eigenvalue weighted by molar-refractivity contribution is -0.139. The summed E-state index contributed by atoms with van der Waals surface area (Å²) in [4.78, 5) is 26.7. The van der Waals surface area contributed by atoms with E-state index < -0.39 is 11.9 Å². The fraction of sp³-hybridized carbons (Fsp3) is 0.211. The molecule has 0 unspecified atom stereocenters. The van der Waals surface area contributed by atoms with Crippen LogP contribution in [0.1, 0.15) is 21.6 Å². The third kappa shape index (κ3) is 5.53. The average Bonchev–Trinajstić information content (AvgIpc) is 2.64. The molecule has 0 aliphatic rings. The summed E-state index contributed by atoms with van der Waals surface area (Å²) in [5.41, 5.74) is 1.37. The highest BCUT2D eigenvalue weighted by Gasteiger charge is 2.14. The van der Waals surface area contributed by atoms with Crippen molar-refractivity contribution in [3.8, 4) is 23.3 Å². The van der Waals surface area contributed by atoms with Crippen LogP contribution >= 0.6 is 0 Å². The Morgan fingerprint density at radius 3 is 2.65 bits per heavy atom. The maximum atomic E-state index is 11.8. The molecule has 26 heavy (non-hydrogen) atoms. The smallest absolute Gasteiger partial charge is 0.325 e. The molecule has 0 saturated carbocycles. The number of esters is 1. The summed E-state index contributed by atoms with van der Waals surface area (Å²) in [6.45, 7) is 1.85. The summed E-state index contributed by atoms with van der Waals surface area (Å²) in [5.74, 6) is 4.68. The van der Waals surface area contributed by atoms with Crippen LogP contribution < -0.4 is 10.1 Å². The molecule has 1 heterocycles. The molecule has 1 aromatic carbocycles. The zero-order chi connectivity index (χ0) is 18.9. The highest BCUT2D eigenvalue weighted by atomic mass is 16.5. The van der Waals surface area contributed by atoms with E-state index in [1.54, 1.807) is 0 Å². The second-order valence-corrected chi connectivity index (χ2v) is 5.25. The first-order valence-corrected chi connectivity index (χ1v) is 7.72. The summed E-state index contributed by atoms with van der Waals surface area (Å²) in [5, 5.41) is 12.2. The van der Waals surface area contributed by atoms with Gasteiger partial charge in [0.15, 0.2) is 5.69 Å². The number of rotatable bonds is 5. The first-order valence-electron chi connectivity index (χ1n) is 7.72. The third-order valence-corrected chi connectivity index (χ3v) is 3.27. The van der Waals surface area contributed by atoms with Gasteiger partial charge >= 0.3 is 5.97 Å². The minimum absolute atomic E-state index is 0.172. The molecule has 1 aromatic heterocycles. The number of aromatic nitrogens is 1. The van der Waals surface area contributed by atoms with Crippen LogP contribution in [0.5, 0.6) is 11.5 Å². The number of hydrogen-bond acceptors (Lipinski definition) is 6. The van der Waals surface area contributed by atoms with Crippen molar-refractivity contribution in [3.63, 3.8) is 0 Å². The minimum Gasteiger partial charge on any atom is -0.505 e. The number of ether oxygens (including phenoxy) is 2. The highest BCUT2D eigenvalue weighted by molar-refractivity contribution is 5.96. The molecule has 1 amide bonds. The Morgan fingerprint density at radius 2 is 2.00 bits per heavy atom. The maximum absolute atomic E-state index is 11.8. The summed E-state index contributed by atoms with van der Waals surface area (Å²) in [6.07, 6.45) is 1.35. The first kappa shape index (κ1) is 18.8. The van der Waals surface area contributed by atoms with Gasteiger partial charge in [-0.2, -0.15) is 0 Å². The predicted octanol–water partition coefficient (Wildman–Crippen LogP) is 1.43. The fourth-order valence-corrected chi connectivity index (χ4v) is 1.90. The van der Waals surface area contributed by atoms with Crippen molar-refractivity contribution >= 4 is 11.9 Å². The van der Waals surface area contributed by atoms with Gasteiger partial charge < -0.3 is 19.9 Å². The Balaban J connectivity index is 1.93. The van der Waals surface area contributed by atoms with Crippen LogP contribution in [0.25, 0.3) is 0 Å². The van der Waals surface area contributed by atoms with E-state index in [9.17, 15) is 14.7 Å². The van der Waals surface area contributed by atoms with E-state index in [2.05, 4.69) is 26.9 Å². The molecule has 0 radical (unpaired) electrons. The Labute approximate surface area is 151 Å². The first-order chi connectivity index (χ1) is 12.5. The van der Waals surface area contributed by atoms with Gasteiger partial charge in [0.05, 0.1) is 7.11 Å². The standard InChI is InChI=1S/C19H18N2O5/c1-13-5-7-15(8-6-13)26-9-3-4-14-10-16(22)18(20-11-14)19(24)21-12-17(23)25-2/h5-8,10-11,22H,9,12H2,1-2H3,(H,21,24). The monoisotopic (exact) mass is 354 g/mol. The van der Waals surface area contributed by atoms with Crippen molar-refractivity contribution in [1.82, 2.24) is 10.3 Å². The Bertz CT molecular complexity index is 850. The van der Waals surface area contributed by atoms with E-state index >= 15 is 0 Å². The van der Waals surface area contributed by atoms with Crippen LogP contribution in [0.3, 0.4) is 0 Å². The number of amides is 1. The van der Waals surface area contributed by atoms with Gasteiger partial charge in [-0.1, -0.05) is 29.5 Å². The minimum atomic E-state index is -0.685. The van der Waals surface area contributed by atoms with Gasteiger partial charge in [-0.05, 0) is 25.1 Å². The normalized spacial score (nSPS) is 9.62. The van der Waals surface area contributed by atoms with Gasteiger partial charge in [-0.25, -0.2) is 4.98 Å². The molecule has 7 nitrogen and oxygen atoms in total. The molecule has 2 N–H and O–H groups in total. The third-order valence-electron chi connectivity index (χ3n) is 3.27. The molecular formula is C19H18N2O5. The van der Waals surface area contributed by atoms with E-state index in [1.165, 1.54) is 19.4 Å². The number of nitrogens with one attached hydrogen (secondary N) is 1. The zero-order valence-electron chi connectivity index (χ0n) is 14.4. The second kappa shape index (κ2) is 9.08. The molecule has 0 aliphatic carbocycles. The number of benzene rings is 1. The summed E-state index contributed by atoms with van der Waals surface area (Å²) in [7, 11) is 1.21. The lowest BCUT2D eigenvalue weighted by Crippen LogP contribution is -2.30. The lowest BCUT2D eigenvalue weighted by atomic mass is 10.2. The number of hydrogen-bond donors (Lipinski definition) is 2. The molecule has 0 atom stereocenters. The fourth-order valence-electron chi connectivity index (χ4n) is 1.90. The van der Waals surface area contributed by atoms with Crippen LogP contribution in [0.15, 0.2) is 36.5 Å². The van der Waals surface area contributed by atoms with Crippen molar-refractivity contribution in [2.24, 2.45) is 0 Å². The lowest BCUT2D eigenvalue weighted by Gasteiger charge is -2.05. The quantitative estimate of drug-likeness (QED) is 0.623. The van der Waals surface area contributed by atoms with Crippen LogP contribution in [-0.4, -0.2) is 42.2 Å². The molecule has 0 bridgehead atoms. The Kier molecular flexibility index (Phi) is 6.57. The van der Waals surface area contributed by atoms with E-state index in [-0.39, 0.29) is 24.6 Å². The van der Waals surface area contributed by atoms with E-state index in [0.29, 0.717) is 11.3 Å². The van der Waals surface area contributed by atoms with Crippen molar-refractivity contribution < 1.29 is 24.2 Å². The molecule has 7 heteroatoms. The number of carbonyl (C=O) groups excluding carboxylic acids is 2. The Hall–Kier alpha value is -3.53. The van der Waals surface area contributed by atoms with Crippen molar-refractivity contribution in [1.29, 1.82) is 0 Å². The second-order valence-electron chi connectivity index (χ2n) is 5.25. The van der Waals surface area contributed by atoms with Gasteiger partial charge in [-0.15, -0.1) is 0 Å². The highest BCUT2D eigenvalue weighted by Crippen LogP contribution is 2.15. The van der Waals surface area contributed by atoms with Gasteiger partial charge in [0, 0.05) is 11.8 Å². The van der Waals surface area contributed by atoms with Crippen molar-refractivity contribution in [2.45, 2.75) is 6.92 Å². The molecule has 0 saturated heterocycles. The summed E-state index contributed by atoms with van der Waals surface area (Å²) in [6, 6.07) is 8.90. The van der Waals surface area contributed by atoms with E-state index in [4.69, 9.17) is 4.74 Å². The van der Waals surface area contributed by atoms with Gasteiger partial charge in [0.2, 0.25) is 0 Å². The molecule has 2 aromatic rings. The summed E-state index contributed by atoms with van der Waals surface area (Å²) >= 11 is 0. The molecule has 0 fully saturated rings. The molecule has 0 aliphatic heterocycles. The average molecular weight is 354 g/mol. The van der Waals surface area contributed by atoms with Gasteiger partial charge in [0.25, 0.3) is 5.91 Å². The van der Waals surface area contributed by atoms with Gasteiger partial charge in [-0.3, -0.25) is 9.59 Å². The number of nitrogens with zero attached hydrogens (tertiary/aromatic N) is 1. The van der Waals surface area contributed by atoms with E-state index in [0.717, 1.165) is 5.56 Å². The molecule has 2 rings (SSSR count). The zero-order valence-corrected chi connectivity index (χ0v) is 14.4. The Morgan fingerprint density at radius 1 is 1.27 bits per heavy atom. The molecule has 0 spiro atoms. The molecular weight excluding hydrogens is 336 g/mol.